The highest BCUT2D eigenvalue weighted by molar-refractivity contribution is 5.95. The van der Waals surface area contributed by atoms with Crippen molar-refractivity contribution in [2.75, 3.05) is 7.11 Å². The van der Waals surface area contributed by atoms with Crippen LogP contribution in [0, 0.1) is 0 Å². The zero-order chi connectivity index (χ0) is 18.8. The topological polar surface area (TPSA) is 73.3 Å². The van der Waals surface area contributed by atoms with Crippen molar-refractivity contribution in [1.29, 1.82) is 0 Å². The number of nitrogens with zero attached hydrogens (tertiary/aromatic N) is 2. The number of ether oxygens (including phenoxy) is 2. The van der Waals surface area contributed by atoms with Crippen molar-refractivity contribution in [1.82, 2.24) is 15.3 Å². The maximum absolute atomic E-state index is 12.7. The number of rotatable bonds is 4. The quantitative estimate of drug-likeness (QED) is 0.769. The molecule has 1 N–H and O–H groups in total. The van der Waals surface area contributed by atoms with Crippen molar-refractivity contribution in [2.24, 2.45) is 0 Å². The molecule has 1 amide bonds. The van der Waals surface area contributed by atoms with Crippen LogP contribution in [0.1, 0.15) is 34.5 Å². The summed E-state index contributed by atoms with van der Waals surface area (Å²) in [5.74, 6) is 1.29. The van der Waals surface area contributed by atoms with E-state index in [0.29, 0.717) is 17.9 Å². The minimum Gasteiger partial charge on any atom is -0.497 e. The van der Waals surface area contributed by atoms with Crippen molar-refractivity contribution >= 4 is 5.91 Å². The molecule has 0 fully saturated rings. The minimum atomic E-state index is -0.145. The van der Waals surface area contributed by atoms with Crippen LogP contribution in [-0.4, -0.2) is 23.0 Å². The van der Waals surface area contributed by atoms with E-state index in [2.05, 4.69) is 15.3 Å². The average Bonchev–Trinajstić information content (AvgIpc) is 2.73. The number of amides is 1. The van der Waals surface area contributed by atoms with Gasteiger partial charge in [0.25, 0.3) is 5.91 Å². The fourth-order valence-electron chi connectivity index (χ4n) is 3.14. The zero-order valence-corrected chi connectivity index (χ0v) is 15.1. The lowest BCUT2D eigenvalue weighted by Crippen LogP contribution is -2.27. The molecule has 6 nitrogen and oxygen atoms in total. The summed E-state index contributed by atoms with van der Waals surface area (Å²) in [6, 6.07) is 13.1. The Balaban J connectivity index is 1.55. The number of nitrogens with one attached hydrogen (secondary N) is 1. The van der Waals surface area contributed by atoms with Crippen LogP contribution in [0.3, 0.4) is 0 Å². The van der Waals surface area contributed by atoms with Crippen LogP contribution in [0.2, 0.25) is 0 Å². The summed E-state index contributed by atoms with van der Waals surface area (Å²) in [7, 11) is 1.63. The molecule has 0 spiro atoms. The molecular formula is C21H19N3O3. The van der Waals surface area contributed by atoms with Gasteiger partial charge in [-0.3, -0.25) is 4.79 Å². The van der Waals surface area contributed by atoms with E-state index in [1.54, 1.807) is 13.3 Å². The highest BCUT2D eigenvalue weighted by atomic mass is 16.5. The van der Waals surface area contributed by atoms with Crippen LogP contribution in [-0.2, 0) is 6.61 Å². The smallest absolute Gasteiger partial charge is 0.251 e. The molecule has 1 unspecified atom stereocenters. The molecule has 2 heterocycles. The number of fused-ring (bicyclic) bond motifs is 3. The molecule has 6 heteroatoms. The summed E-state index contributed by atoms with van der Waals surface area (Å²) in [6.07, 6.45) is 3.15. The number of methoxy groups -OCH3 is 1. The van der Waals surface area contributed by atoms with Gasteiger partial charge in [-0.05, 0) is 42.3 Å². The second-order valence-corrected chi connectivity index (χ2v) is 6.37. The summed E-state index contributed by atoms with van der Waals surface area (Å²) in [5.41, 5.74) is 4.22. The molecule has 0 saturated carbocycles. The number of aromatic nitrogens is 2. The molecule has 1 aromatic heterocycles. The van der Waals surface area contributed by atoms with Crippen LogP contribution >= 0.6 is 0 Å². The van der Waals surface area contributed by atoms with Crippen molar-refractivity contribution < 1.29 is 14.3 Å². The Bertz CT molecular complexity index is 1000. The maximum atomic E-state index is 12.7. The first-order valence-electron chi connectivity index (χ1n) is 8.66. The Morgan fingerprint density at radius 3 is 3.00 bits per heavy atom. The molecule has 27 heavy (non-hydrogen) atoms. The second-order valence-electron chi connectivity index (χ2n) is 6.37. The molecule has 1 atom stereocenters. The molecule has 0 aliphatic carbocycles. The second kappa shape index (κ2) is 7.07. The van der Waals surface area contributed by atoms with Gasteiger partial charge in [0.15, 0.2) is 5.75 Å². The predicted molar refractivity (Wildman–Crippen MR) is 101 cm³/mol. The first-order valence-corrected chi connectivity index (χ1v) is 8.66. The van der Waals surface area contributed by atoms with Gasteiger partial charge in [-0.25, -0.2) is 9.97 Å². The van der Waals surface area contributed by atoms with Gasteiger partial charge < -0.3 is 14.8 Å². The van der Waals surface area contributed by atoms with Crippen LogP contribution < -0.4 is 14.8 Å². The Hall–Kier alpha value is -3.41. The lowest BCUT2D eigenvalue weighted by Gasteiger charge is -2.20. The third-order valence-electron chi connectivity index (χ3n) is 4.63. The predicted octanol–water partition coefficient (Wildman–Crippen LogP) is 3.54. The normalized spacial score (nSPS) is 13.0. The van der Waals surface area contributed by atoms with E-state index < -0.39 is 0 Å². The summed E-state index contributed by atoms with van der Waals surface area (Å²) in [5, 5.41) is 3.03. The Morgan fingerprint density at radius 2 is 2.15 bits per heavy atom. The fourth-order valence-corrected chi connectivity index (χ4v) is 3.14. The zero-order valence-electron chi connectivity index (χ0n) is 15.1. The monoisotopic (exact) mass is 361 g/mol. The lowest BCUT2D eigenvalue weighted by molar-refractivity contribution is 0.0939. The average molecular weight is 361 g/mol. The van der Waals surface area contributed by atoms with Gasteiger partial charge in [0.05, 0.1) is 19.3 Å². The summed E-state index contributed by atoms with van der Waals surface area (Å²) >= 11 is 0. The van der Waals surface area contributed by atoms with E-state index in [-0.39, 0.29) is 11.9 Å². The third-order valence-corrected chi connectivity index (χ3v) is 4.63. The van der Waals surface area contributed by atoms with Crippen LogP contribution in [0.5, 0.6) is 11.5 Å². The highest BCUT2D eigenvalue weighted by Crippen LogP contribution is 2.35. The SMILES string of the molecule is COc1cccc(C(C)NC(=O)c2ccc3c(c2)COc2cncnc2-3)c1. The summed E-state index contributed by atoms with van der Waals surface area (Å²) < 4.78 is 10.9. The largest absolute Gasteiger partial charge is 0.497 e. The Labute approximate surface area is 157 Å². The van der Waals surface area contributed by atoms with E-state index in [0.717, 1.165) is 28.1 Å². The number of carbonyl (C=O) groups is 1. The van der Waals surface area contributed by atoms with Crippen LogP contribution in [0.25, 0.3) is 11.3 Å². The summed E-state index contributed by atoms with van der Waals surface area (Å²) in [4.78, 5) is 21.0. The Morgan fingerprint density at radius 1 is 1.26 bits per heavy atom. The van der Waals surface area contributed by atoms with Crippen molar-refractivity contribution in [2.45, 2.75) is 19.6 Å². The molecule has 4 rings (SSSR count). The van der Waals surface area contributed by atoms with Crippen LogP contribution in [0.15, 0.2) is 55.0 Å². The molecule has 1 aliphatic rings. The van der Waals surface area contributed by atoms with Gasteiger partial charge in [-0.2, -0.15) is 0 Å². The minimum absolute atomic E-state index is 0.137. The van der Waals surface area contributed by atoms with Crippen molar-refractivity contribution in [3.63, 3.8) is 0 Å². The third kappa shape index (κ3) is 3.33. The Kier molecular flexibility index (Phi) is 4.46. The number of benzene rings is 2. The van der Waals surface area contributed by atoms with Gasteiger partial charge in [0.1, 0.15) is 24.4 Å². The van der Waals surface area contributed by atoms with Gasteiger partial charge in [-0.15, -0.1) is 0 Å². The maximum Gasteiger partial charge on any atom is 0.251 e. The molecule has 0 bridgehead atoms. The fraction of sp³-hybridized carbons (Fsp3) is 0.190. The lowest BCUT2D eigenvalue weighted by atomic mass is 9.99. The molecule has 1 aliphatic heterocycles. The van der Waals surface area contributed by atoms with E-state index in [1.807, 2.05) is 49.4 Å². The number of carbonyl (C=O) groups excluding carboxylic acids is 1. The molecule has 0 radical (unpaired) electrons. The van der Waals surface area contributed by atoms with Gasteiger partial charge >= 0.3 is 0 Å². The van der Waals surface area contributed by atoms with Gasteiger partial charge in [0, 0.05) is 11.1 Å². The molecule has 2 aromatic carbocycles. The first-order chi connectivity index (χ1) is 13.2. The van der Waals surface area contributed by atoms with Crippen molar-refractivity contribution in [3.05, 3.63) is 71.7 Å². The highest BCUT2D eigenvalue weighted by Gasteiger charge is 2.20. The van der Waals surface area contributed by atoms with Crippen molar-refractivity contribution in [3.8, 4) is 22.8 Å². The molecule has 136 valence electrons. The van der Waals surface area contributed by atoms with E-state index in [1.165, 1.54) is 6.33 Å². The van der Waals surface area contributed by atoms with Gasteiger partial charge in [0.2, 0.25) is 0 Å². The van der Waals surface area contributed by atoms with E-state index >= 15 is 0 Å². The van der Waals surface area contributed by atoms with E-state index in [9.17, 15) is 4.79 Å². The van der Waals surface area contributed by atoms with E-state index in [4.69, 9.17) is 9.47 Å². The summed E-state index contributed by atoms with van der Waals surface area (Å²) in [6.45, 7) is 2.34. The standard InChI is InChI=1S/C21H19N3O3/c1-13(14-4-3-5-17(9-14)26-2)24-21(25)15-6-7-18-16(8-15)11-27-19-10-22-12-23-20(18)19/h3-10,12-13H,11H2,1-2H3,(H,24,25). The van der Waals surface area contributed by atoms with Gasteiger partial charge in [-0.1, -0.05) is 18.2 Å². The molecule has 0 saturated heterocycles. The number of hydrogen-bond donors (Lipinski definition) is 1. The first kappa shape index (κ1) is 17.0. The van der Waals surface area contributed by atoms with Crippen LogP contribution in [0.4, 0.5) is 0 Å². The number of hydrogen-bond acceptors (Lipinski definition) is 5. The molecule has 3 aromatic rings. The molecular weight excluding hydrogens is 342 g/mol.